The third-order valence-corrected chi connectivity index (χ3v) is 3.90. The van der Waals surface area contributed by atoms with E-state index in [9.17, 15) is 9.59 Å². The van der Waals surface area contributed by atoms with Crippen molar-refractivity contribution in [3.05, 3.63) is 0 Å². The van der Waals surface area contributed by atoms with Crippen LogP contribution in [0.2, 0.25) is 0 Å². The first kappa shape index (κ1) is 13.5. The zero-order chi connectivity index (χ0) is 13.2. The lowest BCUT2D eigenvalue weighted by molar-refractivity contribution is -0.142. The molecule has 3 N–H and O–H groups in total. The van der Waals surface area contributed by atoms with Crippen molar-refractivity contribution in [1.29, 1.82) is 0 Å². The molecule has 2 fully saturated rings. The van der Waals surface area contributed by atoms with Crippen molar-refractivity contribution in [2.24, 2.45) is 5.73 Å². The third-order valence-electron chi connectivity index (χ3n) is 3.90. The Morgan fingerprint density at radius 1 is 1.33 bits per heavy atom. The Morgan fingerprint density at radius 3 is 2.61 bits per heavy atom. The van der Waals surface area contributed by atoms with Gasteiger partial charge in [0.25, 0.3) is 0 Å². The summed E-state index contributed by atoms with van der Waals surface area (Å²) >= 11 is 0. The van der Waals surface area contributed by atoms with Crippen LogP contribution in [0.3, 0.4) is 0 Å². The number of hydrogen-bond donors (Lipinski definition) is 2. The van der Waals surface area contributed by atoms with E-state index >= 15 is 0 Å². The summed E-state index contributed by atoms with van der Waals surface area (Å²) in [5.74, 6) is -0.114. The van der Waals surface area contributed by atoms with Gasteiger partial charge in [-0.1, -0.05) is 0 Å². The number of hydrogen-bond acceptors (Lipinski definition) is 5. The van der Waals surface area contributed by atoms with E-state index in [4.69, 9.17) is 5.73 Å². The molecule has 0 aromatic carbocycles. The van der Waals surface area contributed by atoms with E-state index in [0.29, 0.717) is 25.9 Å². The molecule has 2 aliphatic rings. The Balaban J connectivity index is 2.09. The number of amides is 2. The highest BCUT2D eigenvalue weighted by atomic mass is 16.2. The molecule has 0 spiro atoms. The minimum absolute atomic E-state index is 0.0529. The molecule has 0 radical (unpaired) electrons. The van der Waals surface area contributed by atoms with Gasteiger partial charge in [-0.05, 0) is 19.9 Å². The predicted molar refractivity (Wildman–Crippen MR) is 67.9 cm³/mol. The molecule has 2 aliphatic heterocycles. The monoisotopic (exact) mass is 254 g/mol. The highest BCUT2D eigenvalue weighted by Gasteiger charge is 2.51. The first-order chi connectivity index (χ1) is 8.59. The van der Waals surface area contributed by atoms with E-state index in [2.05, 4.69) is 10.2 Å². The number of carbonyl (C=O) groups is 2. The van der Waals surface area contributed by atoms with Crippen molar-refractivity contribution >= 4 is 11.8 Å². The second-order valence-electron chi connectivity index (χ2n) is 5.18. The number of carbonyl (C=O) groups excluding carboxylic acids is 2. The highest BCUT2D eigenvalue weighted by molar-refractivity contribution is 6.08. The molecule has 6 heteroatoms. The summed E-state index contributed by atoms with van der Waals surface area (Å²) in [5, 5.41) is 3.26. The highest BCUT2D eigenvalue weighted by Crippen LogP contribution is 2.30. The average Bonchev–Trinajstić information content (AvgIpc) is 2.60. The molecule has 2 heterocycles. The van der Waals surface area contributed by atoms with Crippen LogP contribution in [0.1, 0.15) is 19.8 Å². The van der Waals surface area contributed by atoms with Gasteiger partial charge in [0.05, 0.1) is 6.42 Å². The molecule has 18 heavy (non-hydrogen) atoms. The molecule has 0 bridgehead atoms. The van der Waals surface area contributed by atoms with Crippen LogP contribution < -0.4 is 11.1 Å². The van der Waals surface area contributed by atoms with Gasteiger partial charge in [-0.3, -0.25) is 19.4 Å². The van der Waals surface area contributed by atoms with E-state index in [1.165, 1.54) is 4.90 Å². The molecule has 1 atom stereocenters. The zero-order valence-electron chi connectivity index (χ0n) is 10.9. The summed E-state index contributed by atoms with van der Waals surface area (Å²) in [6, 6.07) is 0. The number of nitrogens with zero attached hydrogens (tertiary/aromatic N) is 2. The second-order valence-corrected chi connectivity index (χ2v) is 5.18. The lowest BCUT2D eigenvalue weighted by Crippen LogP contribution is -2.58. The van der Waals surface area contributed by atoms with Crippen LogP contribution in [0.4, 0.5) is 0 Å². The molecule has 0 aromatic rings. The maximum atomic E-state index is 12.4. The standard InChI is InChI=1S/C12H22N4O2/c1-12(15-7-4-14-5-8-15)9-10(17)16(11(12)18)6-2-3-13/h14H,2-9,13H2,1H3. The lowest BCUT2D eigenvalue weighted by Gasteiger charge is -2.38. The molecule has 1 unspecified atom stereocenters. The summed E-state index contributed by atoms with van der Waals surface area (Å²) in [4.78, 5) is 27.9. The van der Waals surface area contributed by atoms with E-state index in [1.807, 2.05) is 6.92 Å². The van der Waals surface area contributed by atoms with Crippen LogP contribution in [0.25, 0.3) is 0 Å². The Kier molecular flexibility index (Phi) is 3.99. The van der Waals surface area contributed by atoms with Gasteiger partial charge in [0.1, 0.15) is 5.54 Å². The number of rotatable bonds is 4. The van der Waals surface area contributed by atoms with E-state index in [-0.39, 0.29) is 11.8 Å². The van der Waals surface area contributed by atoms with E-state index in [1.54, 1.807) is 0 Å². The van der Waals surface area contributed by atoms with Crippen LogP contribution in [-0.2, 0) is 9.59 Å². The van der Waals surface area contributed by atoms with Crippen molar-refractivity contribution in [3.8, 4) is 0 Å². The van der Waals surface area contributed by atoms with Crippen molar-refractivity contribution in [3.63, 3.8) is 0 Å². The van der Waals surface area contributed by atoms with Crippen molar-refractivity contribution in [2.45, 2.75) is 25.3 Å². The molecule has 2 amide bonds. The van der Waals surface area contributed by atoms with Gasteiger partial charge in [-0.2, -0.15) is 0 Å². The molecule has 2 saturated heterocycles. The fraction of sp³-hybridized carbons (Fsp3) is 0.833. The topological polar surface area (TPSA) is 78.7 Å². The van der Waals surface area contributed by atoms with Gasteiger partial charge < -0.3 is 11.1 Å². The molecule has 2 rings (SSSR count). The molecule has 0 aliphatic carbocycles. The first-order valence-corrected chi connectivity index (χ1v) is 6.60. The Hall–Kier alpha value is -0.980. The van der Waals surface area contributed by atoms with Crippen LogP contribution in [0.5, 0.6) is 0 Å². The quantitative estimate of drug-likeness (QED) is 0.613. The number of nitrogens with one attached hydrogen (secondary N) is 1. The molecular formula is C12H22N4O2. The SMILES string of the molecule is CC1(N2CCNCC2)CC(=O)N(CCCN)C1=O. The smallest absolute Gasteiger partial charge is 0.249 e. The summed E-state index contributed by atoms with van der Waals surface area (Å²) in [6.07, 6.45) is 0.978. The molecule has 0 saturated carbocycles. The molecule has 6 nitrogen and oxygen atoms in total. The van der Waals surface area contributed by atoms with Gasteiger partial charge in [0.2, 0.25) is 11.8 Å². The first-order valence-electron chi connectivity index (χ1n) is 6.60. The van der Waals surface area contributed by atoms with Crippen molar-refractivity contribution in [1.82, 2.24) is 15.1 Å². The third kappa shape index (κ3) is 2.28. The summed E-state index contributed by atoms with van der Waals surface area (Å²) in [5.41, 5.74) is 4.79. The van der Waals surface area contributed by atoms with Gasteiger partial charge in [0.15, 0.2) is 0 Å². The van der Waals surface area contributed by atoms with Gasteiger partial charge >= 0.3 is 0 Å². The second kappa shape index (κ2) is 5.34. The Morgan fingerprint density at radius 2 is 2.00 bits per heavy atom. The summed E-state index contributed by atoms with van der Waals surface area (Å²) < 4.78 is 0. The van der Waals surface area contributed by atoms with Crippen LogP contribution in [0, 0.1) is 0 Å². The Bertz CT molecular complexity index is 341. The number of likely N-dealkylation sites (tertiary alicyclic amines) is 1. The van der Waals surface area contributed by atoms with E-state index < -0.39 is 5.54 Å². The Labute approximate surface area is 107 Å². The van der Waals surface area contributed by atoms with E-state index in [0.717, 1.165) is 26.2 Å². The average molecular weight is 254 g/mol. The zero-order valence-corrected chi connectivity index (χ0v) is 10.9. The normalized spacial score (nSPS) is 30.2. The minimum atomic E-state index is -0.645. The summed E-state index contributed by atoms with van der Waals surface area (Å²) in [7, 11) is 0. The predicted octanol–water partition coefficient (Wildman–Crippen LogP) is -1.24. The molecular weight excluding hydrogens is 232 g/mol. The van der Waals surface area contributed by atoms with Gasteiger partial charge in [-0.15, -0.1) is 0 Å². The van der Waals surface area contributed by atoms with Gasteiger partial charge in [-0.25, -0.2) is 0 Å². The number of nitrogens with two attached hydrogens (primary N) is 1. The van der Waals surface area contributed by atoms with Crippen LogP contribution in [-0.4, -0.2) is 66.4 Å². The van der Waals surface area contributed by atoms with Crippen molar-refractivity contribution in [2.75, 3.05) is 39.3 Å². The summed E-state index contributed by atoms with van der Waals surface area (Å²) in [6.45, 7) is 6.23. The minimum Gasteiger partial charge on any atom is -0.330 e. The number of piperazine rings is 1. The van der Waals surface area contributed by atoms with Gasteiger partial charge in [0, 0.05) is 32.7 Å². The largest absolute Gasteiger partial charge is 0.330 e. The molecule has 102 valence electrons. The van der Waals surface area contributed by atoms with Crippen molar-refractivity contribution < 1.29 is 9.59 Å². The van der Waals surface area contributed by atoms with Crippen LogP contribution >= 0.6 is 0 Å². The number of imide groups is 1. The lowest BCUT2D eigenvalue weighted by atomic mass is 9.97. The fourth-order valence-corrected chi connectivity index (χ4v) is 2.75. The maximum absolute atomic E-state index is 12.4. The fourth-order valence-electron chi connectivity index (χ4n) is 2.75. The maximum Gasteiger partial charge on any atom is 0.249 e. The van der Waals surface area contributed by atoms with Crippen LogP contribution in [0.15, 0.2) is 0 Å². The molecule has 0 aromatic heterocycles.